The number of hydrogen-bond donors (Lipinski definition) is 1. The van der Waals surface area contributed by atoms with Gasteiger partial charge in [0, 0.05) is 31.3 Å². The van der Waals surface area contributed by atoms with E-state index in [9.17, 15) is 9.59 Å². The van der Waals surface area contributed by atoms with Crippen molar-refractivity contribution in [2.75, 3.05) is 11.4 Å². The molecule has 0 aliphatic carbocycles. The average molecular weight is 310 g/mol. The zero-order chi connectivity index (χ0) is 16.8. The van der Waals surface area contributed by atoms with Crippen molar-refractivity contribution in [1.82, 2.24) is 5.32 Å². The van der Waals surface area contributed by atoms with Gasteiger partial charge in [0.1, 0.15) is 0 Å². The van der Waals surface area contributed by atoms with E-state index in [0.717, 1.165) is 16.8 Å². The Balaban J connectivity index is 2.18. The van der Waals surface area contributed by atoms with Crippen molar-refractivity contribution < 1.29 is 9.59 Å². The fraction of sp³-hybridized carbons (Fsp3) is 0.263. The molecule has 4 nitrogen and oxygen atoms in total. The number of nitrogens with one attached hydrogen (secondary N) is 1. The van der Waals surface area contributed by atoms with Gasteiger partial charge in [0.05, 0.1) is 0 Å². The van der Waals surface area contributed by atoms with Crippen molar-refractivity contribution >= 4 is 17.5 Å². The Kier molecular flexibility index (Phi) is 5.52. The normalized spacial score (nSPS) is 10.2. The molecule has 0 spiro atoms. The van der Waals surface area contributed by atoms with Crippen LogP contribution < -0.4 is 10.2 Å². The second-order valence-corrected chi connectivity index (χ2v) is 5.44. The SMILES string of the molecule is CCN(C(=O)c1ccc(CNC(C)=O)cc1)c1ccccc1C. The maximum absolute atomic E-state index is 12.8. The molecule has 0 radical (unpaired) electrons. The number of amides is 2. The summed E-state index contributed by atoms with van der Waals surface area (Å²) in [5.74, 6) is -0.0882. The van der Waals surface area contributed by atoms with Crippen LogP contribution in [0.2, 0.25) is 0 Å². The number of benzene rings is 2. The van der Waals surface area contributed by atoms with Gasteiger partial charge in [0.25, 0.3) is 5.91 Å². The van der Waals surface area contributed by atoms with Crippen LogP contribution in [0.15, 0.2) is 48.5 Å². The van der Waals surface area contributed by atoms with Crippen molar-refractivity contribution in [2.45, 2.75) is 27.3 Å². The maximum atomic E-state index is 12.8. The summed E-state index contributed by atoms with van der Waals surface area (Å²) in [6.07, 6.45) is 0. The monoisotopic (exact) mass is 310 g/mol. The summed E-state index contributed by atoms with van der Waals surface area (Å²) in [5, 5.41) is 2.74. The summed E-state index contributed by atoms with van der Waals surface area (Å²) >= 11 is 0. The van der Waals surface area contributed by atoms with E-state index in [0.29, 0.717) is 18.7 Å². The third kappa shape index (κ3) is 4.19. The van der Waals surface area contributed by atoms with Crippen LogP contribution in [0.1, 0.15) is 35.3 Å². The first kappa shape index (κ1) is 16.7. The Morgan fingerprint density at radius 1 is 1.04 bits per heavy atom. The van der Waals surface area contributed by atoms with Crippen molar-refractivity contribution in [1.29, 1.82) is 0 Å². The average Bonchev–Trinajstić information content (AvgIpc) is 2.55. The van der Waals surface area contributed by atoms with Gasteiger partial charge in [-0.05, 0) is 43.2 Å². The molecule has 120 valence electrons. The minimum atomic E-state index is -0.0677. The summed E-state index contributed by atoms with van der Waals surface area (Å²) in [6.45, 7) is 6.53. The molecule has 0 unspecified atom stereocenters. The van der Waals surface area contributed by atoms with Crippen LogP contribution in [-0.4, -0.2) is 18.4 Å². The number of aryl methyl sites for hydroxylation is 1. The van der Waals surface area contributed by atoms with Gasteiger partial charge in [-0.25, -0.2) is 0 Å². The van der Waals surface area contributed by atoms with E-state index in [1.165, 1.54) is 6.92 Å². The third-order valence-corrected chi connectivity index (χ3v) is 3.71. The second kappa shape index (κ2) is 7.58. The predicted octanol–water partition coefficient (Wildman–Crippen LogP) is 3.30. The van der Waals surface area contributed by atoms with Crippen LogP contribution in [0.5, 0.6) is 0 Å². The lowest BCUT2D eigenvalue weighted by atomic mass is 10.1. The number of para-hydroxylation sites is 1. The molecule has 23 heavy (non-hydrogen) atoms. The van der Waals surface area contributed by atoms with Gasteiger partial charge in [-0.15, -0.1) is 0 Å². The number of nitrogens with zero attached hydrogens (tertiary/aromatic N) is 1. The molecule has 0 fully saturated rings. The minimum Gasteiger partial charge on any atom is -0.352 e. The van der Waals surface area contributed by atoms with Gasteiger partial charge in [0.15, 0.2) is 0 Å². The zero-order valence-electron chi connectivity index (χ0n) is 13.8. The van der Waals surface area contributed by atoms with Gasteiger partial charge < -0.3 is 10.2 Å². The number of anilines is 1. The summed E-state index contributed by atoms with van der Waals surface area (Å²) in [4.78, 5) is 25.5. The van der Waals surface area contributed by atoms with Crippen molar-refractivity contribution in [3.63, 3.8) is 0 Å². The molecule has 0 saturated carbocycles. The highest BCUT2D eigenvalue weighted by atomic mass is 16.2. The molecule has 0 atom stereocenters. The van der Waals surface area contributed by atoms with Crippen molar-refractivity contribution in [3.8, 4) is 0 Å². The molecule has 1 N–H and O–H groups in total. The molecular weight excluding hydrogens is 288 g/mol. The van der Waals surface area contributed by atoms with Crippen LogP contribution in [0.25, 0.3) is 0 Å². The number of rotatable bonds is 5. The van der Waals surface area contributed by atoms with E-state index < -0.39 is 0 Å². The lowest BCUT2D eigenvalue weighted by Gasteiger charge is -2.23. The Hall–Kier alpha value is -2.62. The zero-order valence-corrected chi connectivity index (χ0v) is 13.8. The van der Waals surface area contributed by atoms with Crippen LogP contribution in [-0.2, 0) is 11.3 Å². The molecule has 4 heteroatoms. The summed E-state index contributed by atoms with van der Waals surface area (Å²) in [7, 11) is 0. The Morgan fingerprint density at radius 3 is 2.26 bits per heavy atom. The van der Waals surface area contributed by atoms with Gasteiger partial charge in [-0.3, -0.25) is 9.59 Å². The Labute approximate surface area is 137 Å². The third-order valence-electron chi connectivity index (χ3n) is 3.71. The molecule has 2 aromatic rings. The van der Waals surface area contributed by atoms with E-state index in [1.54, 1.807) is 17.0 Å². The molecule has 2 amide bonds. The van der Waals surface area contributed by atoms with Crippen LogP contribution in [0.3, 0.4) is 0 Å². The van der Waals surface area contributed by atoms with E-state index >= 15 is 0 Å². The molecule has 2 aromatic carbocycles. The molecule has 0 saturated heterocycles. The standard InChI is InChI=1S/C19H22N2O2/c1-4-21(18-8-6-5-7-14(18)2)19(23)17-11-9-16(10-12-17)13-20-15(3)22/h5-12H,4,13H2,1-3H3,(H,20,22). The Bertz CT molecular complexity index is 693. The first-order chi connectivity index (χ1) is 11.0. The highest BCUT2D eigenvalue weighted by Crippen LogP contribution is 2.21. The van der Waals surface area contributed by atoms with Crippen LogP contribution in [0.4, 0.5) is 5.69 Å². The van der Waals surface area contributed by atoms with Gasteiger partial charge in [0.2, 0.25) is 5.91 Å². The summed E-state index contributed by atoms with van der Waals surface area (Å²) < 4.78 is 0. The molecule has 0 heterocycles. The molecular formula is C19H22N2O2. The van der Waals surface area contributed by atoms with E-state index in [1.807, 2.05) is 50.2 Å². The minimum absolute atomic E-state index is 0.0205. The van der Waals surface area contributed by atoms with Crippen LogP contribution in [0, 0.1) is 6.92 Å². The Morgan fingerprint density at radius 2 is 1.70 bits per heavy atom. The molecule has 2 rings (SSSR count). The fourth-order valence-electron chi connectivity index (χ4n) is 2.44. The van der Waals surface area contributed by atoms with Crippen molar-refractivity contribution in [2.24, 2.45) is 0 Å². The highest BCUT2D eigenvalue weighted by molar-refractivity contribution is 6.06. The molecule has 0 aliphatic rings. The summed E-state index contributed by atoms with van der Waals surface area (Å²) in [6, 6.07) is 15.2. The van der Waals surface area contributed by atoms with Crippen molar-refractivity contribution in [3.05, 3.63) is 65.2 Å². The van der Waals surface area contributed by atoms with Crippen LogP contribution >= 0.6 is 0 Å². The molecule has 0 bridgehead atoms. The summed E-state index contributed by atoms with van der Waals surface area (Å²) in [5.41, 5.74) is 3.62. The first-order valence-corrected chi connectivity index (χ1v) is 7.73. The highest BCUT2D eigenvalue weighted by Gasteiger charge is 2.17. The quantitative estimate of drug-likeness (QED) is 0.921. The number of hydrogen-bond acceptors (Lipinski definition) is 2. The smallest absolute Gasteiger partial charge is 0.258 e. The molecule has 0 aromatic heterocycles. The molecule has 0 aliphatic heterocycles. The lowest BCUT2D eigenvalue weighted by Crippen LogP contribution is -2.31. The van der Waals surface area contributed by atoms with E-state index in [-0.39, 0.29) is 11.8 Å². The first-order valence-electron chi connectivity index (χ1n) is 7.73. The second-order valence-electron chi connectivity index (χ2n) is 5.44. The van der Waals surface area contributed by atoms with Gasteiger partial charge >= 0.3 is 0 Å². The largest absolute Gasteiger partial charge is 0.352 e. The lowest BCUT2D eigenvalue weighted by molar-refractivity contribution is -0.119. The van der Waals surface area contributed by atoms with E-state index in [2.05, 4.69) is 5.32 Å². The van der Waals surface area contributed by atoms with Gasteiger partial charge in [-0.2, -0.15) is 0 Å². The maximum Gasteiger partial charge on any atom is 0.258 e. The topological polar surface area (TPSA) is 49.4 Å². The fourth-order valence-corrected chi connectivity index (χ4v) is 2.44. The number of carbonyl (C=O) groups is 2. The van der Waals surface area contributed by atoms with E-state index in [4.69, 9.17) is 0 Å². The van der Waals surface area contributed by atoms with Gasteiger partial charge in [-0.1, -0.05) is 30.3 Å². The predicted molar refractivity (Wildman–Crippen MR) is 92.5 cm³/mol. The number of carbonyl (C=O) groups excluding carboxylic acids is 2.